The van der Waals surface area contributed by atoms with Crippen molar-refractivity contribution in [1.82, 2.24) is 4.98 Å². The van der Waals surface area contributed by atoms with E-state index < -0.39 is 0 Å². The van der Waals surface area contributed by atoms with Gasteiger partial charge in [-0.25, -0.2) is 0 Å². The van der Waals surface area contributed by atoms with E-state index in [1.165, 1.54) is 10.9 Å². The number of halogens is 1. The van der Waals surface area contributed by atoms with Crippen LogP contribution in [0.25, 0.3) is 10.9 Å². The molecule has 2 nitrogen and oxygen atoms in total. The van der Waals surface area contributed by atoms with Crippen molar-refractivity contribution in [2.75, 3.05) is 11.9 Å². The molecule has 1 aromatic heterocycles. The second-order valence-electron chi connectivity index (χ2n) is 3.90. The van der Waals surface area contributed by atoms with E-state index in [-0.39, 0.29) is 0 Å². The molecule has 0 saturated heterocycles. The zero-order valence-corrected chi connectivity index (χ0v) is 11.1. The summed E-state index contributed by atoms with van der Waals surface area (Å²) in [4.78, 5) is 4.43. The van der Waals surface area contributed by atoms with Crippen LogP contribution in [0.1, 0.15) is 18.9 Å². The Balaban J connectivity index is 2.57. The van der Waals surface area contributed by atoms with Crippen molar-refractivity contribution < 1.29 is 0 Å². The number of fused-ring (bicyclic) bond motifs is 1. The predicted octanol–water partition coefficient (Wildman–Crippen LogP) is 4.13. The molecule has 2 rings (SSSR count). The van der Waals surface area contributed by atoms with E-state index in [1.807, 2.05) is 12.3 Å². The van der Waals surface area contributed by atoms with Crippen LogP contribution >= 0.6 is 15.9 Å². The summed E-state index contributed by atoms with van der Waals surface area (Å²) in [6.07, 6.45) is 2.98. The minimum absolute atomic E-state index is 0.991. The molecule has 0 spiro atoms. The zero-order chi connectivity index (χ0) is 11.5. The maximum Gasteiger partial charge on any atom is 0.0752 e. The normalized spacial score (nSPS) is 10.7. The molecule has 0 atom stereocenters. The van der Waals surface area contributed by atoms with Crippen molar-refractivity contribution in [2.45, 2.75) is 20.3 Å². The second kappa shape index (κ2) is 4.83. The Morgan fingerprint density at radius 1 is 1.38 bits per heavy atom. The molecule has 0 radical (unpaired) electrons. The van der Waals surface area contributed by atoms with Gasteiger partial charge in [-0.15, -0.1) is 0 Å². The van der Waals surface area contributed by atoms with Crippen molar-refractivity contribution in [3.8, 4) is 0 Å². The number of rotatable bonds is 3. The average molecular weight is 279 g/mol. The standard InChI is InChI=1S/C13H15BrN2/c1-3-5-15-12-4-6-16-13-9(2)7-10(14)8-11(12)13/h4,6-8H,3,5H2,1-2H3,(H,15,16). The smallest absolute Gasteiger partial charge is 0.0752 e. The molecule has 3 heteroatoms. The lowest BCUT2D eigenvalue weighted by atomic mass is 10.1. The fourth-order valence-corrected chi connectivity index (χ4v) is 2.37. The highest BCUT2D eigenvalue weighted by Gasteiger charge is 2.04. The largest absolute Gasteiger partial charge is 0.384 e. The summed E-state index contributed by atoms with van der Waals surface area (Å²) in [7, 11) is 0. The molecule has 16 heavy (non-hydrogen) atoms. The topological polar surface area (TPSA) is 24.9 Å². The first-order valence-corrected chi connectivity index (χ1v) is 6.30. The Morgan fingerprint density at radius 3 is 2.94 bits per heavy atom. The third-order valence-corrected chi connectivity index (χ3v) is 3.02. The first-order chi connectivity index (χ1) is 7.72. The Bertz CT molecular complexity index is 509. The number of nitrogens with zero attached hydrogens (tertiary/aromatic N) is 1. The number of nitrogens with one attached hydrogen (secondary N) is 1. The summed E-state index contributed by atoms with van der Waals surface area (Å²) in [6, 6.07) is 6.25. The highest BCUT2D eigenvalue weighted by Crippen LogP contribution is 2.27. The van der Waals surface area contributed by atoms with E-state index in [2.05, 4.69) is 52.2 Å². The third-order valence-electron chi connectivity index (χ3n) is 2.57. The van der Waals surface area contributed by atoms with Crippen LogP contribution in [0.4, 0.5) is 5.69 Å². The van der Waals surface area contributed by atoms with Crippen LogP contribution in [0.5, 0.6) is 0 Å². The Labute approximate surface area is 104 Å². The molecule has 0 bridgehead atoms. The van der Waals surface area contributed by atoms with Gasteiger partial charge in [0.25, 0.3) is 0 Å². The second-order valence-corrected chi connectivity index (χ2v) is 4.82. The predicted molar refractivity (Wildman–Crippen MR) is 73.0 cm³/mol. The number of aromatic nitrogens is 1. The van der Waals surface area contributed by atoms with Gasteiger partial charge in [0.2, 0.25) is 0 Å². The van der Waals surface area contributed by atoms with E-state index in [0.29, 0.717) is 0 Å². The van der Waals surface area contributed by atoms with Crippen LogP contribution in [0.2, 0.25) is 0 Å². The lowest BCUT2D eigenvalue weighted by molar-refractivity contribution is 0.981. The molecular weight excluding hydrogens is 264 g/mol. The lowest BCUT2D eigenvalue weighted by Crippen LogP contribution is -2.01. The fraction of sp³-hybridized carbons (Fsp3) is 0.308. The number of benzene rings is 1. The van der Waals surface area contributed by atoms with Gasteiger partial charge in [-0.3, -0.25) is 4.98 Å². The van der Waals surface area contributed by atoms with Crippen LogP contribution in [0, 0.1) is 6.92 Å². The summed E-state index contributed by atoms with van der Waals surface area (Å²) in [5.74, 6) is 0. The fourth-order valence-electron chi connectivity index (χ4n) is 1.80. The van der Waals surface area contributed by atoms with E-state index in [4.69, 9.17) is 0 Å². The first kappa shape index (κ1) is 11.4. The Hall–Kier alpha value is -1.09. The number of aryl methyl sites for hydroxylation is 1. The molecule has 0 amide bonds. The maximum atomic E-state index is 4.43. The summed E-state index contributed by atoms with van der Waals surface area (Å²) in [6.45, 7) is 5.24. The van der Waals surface area contributed by atoms with Crippen LogP contribution < -0.4 is 5.32 Å². The van der Waals surface area contributed by atoms with Gasteiger partial charge in [-0.05, 0) is 37.1 Å². The lowest BCUT2D eigenvalue weighted by Gasteiger charge is -2.10. The van der Waals surface area contributed by atoms with Crippen LogP contribution in [-0.2, 0) is 0 Å². The van der Waals surface area contributed by atoms with Gasteiger partial charge in [0.15, 0.2) is 0 Å². The number of hydrogen-bond acceptors (Lipinski definition) is 2. The molecule has 0 saturated carbocycles. The van der Waals surface area contributed by atoms with E-state index in [1.54, 1.807) is 0 Å². The van der Waals surface area contributed by atoms with Crippen LogP contribution in [0.15, 0.2) is 28.9 Å². The van der Waals surface area contributed by atoms with Crippen LogP contribution in [0.3, 0.4) is 0 Å². The molecule has 0 aliphatic rings. The molecule has 1 N–H and O–H groups in total. The Morgan fingerprint density at radius 2 is 2.19 bits per heavy atom. The van der Waals surface area contributed by atoms with Crippen molar-refractivity contribution >= 4 is 32.5 Å². The molecule has 1 heterocycles. The molecule has 84 valence electrons. The van der Waals surface area contributed by atoms with Gasteiger partial charge in [0, 0.05) is 28.3 Å². The quantitative estimate of drug-likeness (QED) is 0.913. The van der Waals surface area contributed by atoms with E-state index in [0.717, 1.165) is 28.6 Å². The SMILES string of the molecule is CCCNc1ccnc2c(C)cc(Br)cc12. The minimum atomic E-state index is 0.991. The third kappa shape index (κ3) is 2.19. The maximum absolute atomic E-state index is 4.43. The van der Waals surface area contributed by atoms with Crippen molar-refractivity contribution in [1.29, 1.82) is 0 Å². The molecule has 2 aromatic rings. The van der Waals surface area contributed by atoms with E-state index >= 15 is 0 Å². The highest BCUT2D eigenvalue weighted by atomic mass is 79.9. The minimum Gasteiger partial charge on any atom is -0.384 e. The zero-order valence-electron chi connectivity index (χ0n) is 9.55. The molecule has 0 fully saturated rings. The van der Waals surface area contributed by atoms with Gasteiger partial charge in [-0.2, -0.15) is 0 Å². The molecule has 1 aromatic carbocycles. The van der Waals surface area contributed by atoms with Gasteiger partial charge in [-0.1, -0.05) is 22.9 Å². The average Bonchev–Trinajstić information content (AvgIpc) is 2.26. The molecule has 0 aliphatic heterocycles. The summed E-state index contributed by atoms with van der Waals surface area (Å²) in [5.41, 5.74) is 3.44. The molecule has 0 unspecified atom stereocenters. The number of pyridine rings is 1. The van der Waals surface area contributed by atoms with Crippen LogP contribution in [-0.4, -0.2) is 11.5 Å². The number of hydrogen-bond donors (Lipinski definition) is 1. The monoisotopic (exact) mass is 278 g/mol. The van der Waals surface area contributed by atoms with Gasteiger partial charge in [0.1, 0.15) is 0 Å². The van der Waals surface area contributed by atoms with E-state index in [9.17, 15) is 0 Å². The first-order valence-electron chi connectivity index (χ1n) is 5.51. The molecular formula is C13H15BrN2. The van der Waals surface area contributed by atoms with Gasteiger partial charge in [0.05, 0.1) is 5.52 Å². The summed E-state index contributed by atoms with van der Waals surface area (Å²) >= 11 is 3.53. The number of anilines is 1. The highest BCUT2D eigenvalue weighted by molar-refractivity contribution is 9.10. The van der Waals surface area contributed by atoms with Crippen molar-refractivity contribution in [3.63, 3.8) is 0 Å². The Kier molecular flexibility index (Phi) is 3.44. The van der Waals surface area contributed by atoms with Crippen molar-refractivity contribution in [3.05, 3.63) is 34.4 Å². The van der Waals surface area contributed by atoms with Gasteiger partial charge >= 0.3 is 0 Å². The van der Waals surface area contributed by atoms with Gasteiger partial charge < -0.3 is 5.32 Å². The molecule has 0 aliphatic carbocycles. The van der Waals surface area contributed by atoms with Crippen molar-refractivity contribution in [2.24, 2.45) is 0 Å². The summed E-state index contributed by atoms with van der Waals surface area (Å²) in [5, 5.41) is 4.61. The summed E-state index contributed by atoms with van der Waals surface area (Å²) < 4.78 is 1.10.